The largest absolute Gasteiger partial charge is 0.487 e. The zero-order chi connectivity index (χ0) is 23.8. The molecule has 3 aromatic carbocycles. The van der Waals surface area contributed by atoms with Crippen LogP contribution in [0.15, 0.2) is 54.6 Å². The zero-order valence-electron chi connectivity index (χ0n) is 18.8. The molecule has 0 aromatic heterocycles. The molecule has 1 aliphatic heterocycles. The van der Waals surface area contributed by atoms with Crippen LogP contribution in [-0.2, 0) is 24.2 Å². The molecule has 0 aliphatic carbocycles. The van der Waals surface area contributed by atoms with Gasteiger partial charge in [-0.2, -0.15) is 0 Å². The number of rotatable bonds is 7. The molecule has 1 heterocycles. The lowest BCUT2D eigenvalue weighted by atomic mass is 9.95. The smallest absolute Gasteiger partial charge is 0.306 e. The third kappa shape index (κ3) is 5.16. The number of benzene rings is 3. The predicted octanol–water partition coefficient (Wildman–Crippen LogP) is 6.19. The molecule has 0 radical (unpaired) electrons. The van der Waals surface area contributed by atoms with E-state index in [9.17, 15) is 13.6 Å². The van der Waals surface area contributed by atoms with E-state index in [0.29, 0.717) is 5.56 Å². The highest BCUT2D eigenvalue weighted by atomic mass is 19.1. The van der Waals surface area contributed by atoms with E-state index < -0.39 is 17.7 Å². The number of carboxylic acid groups (broad SMARTS) is 1. The topological polar surface area (TPSA) is 55.8 Å². The summed E-state index contributed by atoms with van der Waals surface area (Å²) in [6.07, 6.45) is 0.956. The summed E-state index contributed by atoms with van der Waals surface area (Å²) in [5.74, 6) is -1.55. The van der Waals surface area contributed by atoms with E-state index in [4.69, 9.17) is 14.6 Å². The summed E-state index contributed by atoms with van der Waals surface area (Å²) in [7, 11) is 0. The maximum absolute atomic E-state index is 14.6. The first kappa shape index (κ1) is 22.8. The van der Waals surface area contributed by atoms with Gasteiger partial charge in [-0.15, -0.1) is 0 Å². The normalized spacial score (nSPS) is 14.9. The average Bonchev–Trinajstić information content (AvgIpc) is 3.07. The van der Waals surface area contributed by atoms with Crippen molar-refractivity contribution in [3.8, 4) is 22.6 Å². The minimum atomic E-state index is -0.923. The second kappa shape index (κ2) is 8.85. The van der Waals surface area contributed by atoms with Crippen LogP contribution in [0.4, 0.5) is 8.78 Å². The van der Waals surface area contributed by atoms with Crippen LogP contribution in [0.2, 0.25) is 0 Å². The van der Waals surface area contributed by atoms with Gasteiger partial charge in [0.15, 0.2) is 11.6 Å². The molecule has 172 valence electrons. The fourth-order valence-electron chi connectivity index (χ4n) is 4.09. The number of halogens is 2. The van der Waals surface area contributed by atoms with Crippen LogP contribution < -0.4 is 9.47 Å². The van der Waals surface area contributed by atoms with Crippen LogP contribution in [0.25, 0.3) is 11.1 Å². The Morgan fingerprint density at radius 2 is 1.82 bits per heavy atom. The van der Waals surface area contributed by atoms with Gasteiger partial charge in [-0.1, -0.05) is 25.1 Å². The maximum Gasteiger partial charge on any atom is 0.306 e. The maximum atomic E-state index is 14.6. The first-order chi connectivity index (χ1) is 15.6. The second-order valence-electron chi connectivity index (χ2n) is 9.17. The molecular formula is C27H26F2O4. The van der Waals surface area contributed by atoms with E-state index in [1.807, 2.05) is 26.0 Å². The van der Waals surface area contributed by atoms with Crippen molar-refractivity contribution in [2.45, 2.75) is 45.8 Å². The molecule has 33 heavy (non-hydrogen) atoms. The van der Waals surface area contributed by atoms with Crippen molar-refractivity contribution in [1.82, 2.24) is 0 Å². The van der Waals surface area contributed by atoms with Gasteiger partial charge in [0.1, 0.15) is 23.8 Å². The van der Waals surface area contributed by atoms with Crippen LogP contribution in [-0.4, -0.2) is 16.7 Å². The Kier molecular flexibility index (Phi) is 6.11. The number of hydrogen-bond acceptors (Lipinski definition) is 3. The van der Waals surface area contributed by atoms with Crippen molar-refractivity contribution in [2.75, 3.05) is 0 Å². The van der Waals surface area contributed by atoms with Gasteiger partial charge in [0.2, 0.25) is 0 Å². The highest BCUT2D eigenvalue weighted by molar-refractivity contribution is 5.70. The van der Waals surface area contributed by atoms with Gasteiger partial charge in [-0.25, -0.2) is 8.78 Å². The third-order valence-electron chi connectivity index (χ3n) is 5.76. The molecule has 1 aliphatic rings. The monoisotopic (exact) mass is 452 g/mol. The molecule has 1 unspecified atom stereocenters. The van der Waals surface area contributed by atoms with E-state index in [1.54, 1.807) is 25.1 Å². The van der Waals surface area contributed by atoms with Crippen molar-refractivity contribution in [3.05, 3.63) is 82.9 Å². The van der Waals surface area contributed by atoms with E-state index in [0.717, 1.165) is 34.4 Å². The Morgan fingerprint density at radius 3 is 2.48 bits per heavy atom. The van der Waals surface area contributed by atoms with E-state index >= 15 is 0 Å². The lowest BCUT2D eigenvalue weighted by molar-refractivity contribution is -0.141. The number of fused-ring (bicyclic) bond motifs is 1. The van der Waals surface area contributed by atoms with Gasteiger partial charge in [-0.3, -0.25) is 4.79 Å². The Morgan fingerprint density at radius 1 is 1.09 bits per heavy atom. The van der Waals surface area contributed by atoms with Gasteiger partial charge >= 0.3 is 5.97 Å². The van der Waals surface area contributed by atoms with E-state index in [1.165, 1.54) is 24.3 Å². The van der Waals surface area contributed by atoms with Crippen LogP contribution in [0.1, 0.15) is 37.5 Å². The quantitative estimate of drug-likeness (QED) is 0.465. The van der Waals surface area contributed by atoms with Crippen molar-refractivity contribution >= 4 is 5.97 Å². The van der Waals surface area contributed by atoms with Crippen LogP contribution >= 0.6 is 0 Å². The van der Waals surface area contributed by atoms with Gasteiger partial charge in [-0.05, 0) is 78.9 Å². The summed E-state index contributed by atoms with van der Waals surface area (Å²) in [5.41, 5.74) is 3.81. The lowest BCUT2D eigenvalue weighted by Crippen LogP contribution is -2.25. The minimum absolute atomic E-state index is 0.0833. The van der Waals surface area contributed by atoms with Crippen LogP contribution in [0, 0.1) is 17.6 Å². The molecule has 1 atom stereocenters. The molecule has 6 heteroatoms. The van der Waals surface area contributed by atoms with Crippen molar-refractivity contribution < 1.29 is 28.2 Å². The third-order valence-corrected chi connectivity index (χ3v) is 5.76. The van der Waals surface area contributed by atoms with Gasteiger partial charge in [0.25, 0.3) is 0 Å². The highest BCUT2D eigenvalue weighted by Gasteiger charge is 2.32. The number of carbonyl (C=O) groups is 1. The summed E-state index contributed by atoms with van der Waals surface area (Å²) in [5, 5.41) is 9.06. The summed E-state index contributed by atoms with van der Waals surface area (Å²) < 4.78 is 40.0. The van der Waals surface area contributed by atoms with Gasteiger partial charge in [0.05, 0.1) is 5.92 Å². The summed E-state index contributed by atoms with van der Waals surface area (Å²) >= 11 is 0. The van der Waals surface area contributed by atoms with E-state index in [2.05, 4.69) is 0 Å². The molecule has 0 amide bonds. The highest BCUT2D eigenvalue weighted by Crippen LogP contribution is 2.41. The molecule has 0 saturated heterocycles. The van der Waals surface area contributed by atoms with E-state index in [-0.39, 0.29) is 30.2 Å². The summed E-state index contributed by atoms with van der Waals surface area (Å²) in [6.45, 7) is 5.69. The molecule has 0 fully saturated rings. The number of ether oxygens (including phenoxy) is 2. The average molecular weight is 452 g/mol. The molecule has 0 bridgehead atoms. The van der Waals surface area contributed by atoms with Gasteiger partial charge in [0, 0.05) is 12.0 Å². The van der Waals surface area contributed by atoms with Crippen LogP contribution in [0.3, 0.4) is 0 Å². The molecule has 0 saturated carbocycles. The fraction of sp³-hybridized carbons (Fsp3) is 0.296. The summed E-state index contributed by atoms with van der Waals surface area (Å²) in [6, 6.07) is 14.8. The number of carboxylic acids is 1. The van der Waals surface area contributed by atoms with Crippen molar-refractivity contribution in [2.24, 2.45) is 5.92 Å². The molecule has 4 rings (SSSR count). The summed E-state index contributed by atoms with van der Waals surface area (Å²) in [4.78, 5) is 11.1. The predicted molar refractivity (Wildman–Crippen MR) is 121 cm³/mol. The lowest BCUT2D eigenvalue weighted by Gasteiger charge is -2.19. The molecule has 1 N–H and O–H groups in total. The van der Waals surface area contributed by atoms with Gasteiger partial charge < -0.3 is 14.6 Å². The number of aliphatic carboxylic acids is 1. The standard InChI is InChI=1S/C27H26F2O4/c1-16(26(30)31)10-17-4-9-24(23(29)11-17)32-15-21-13-19(18-5-7-22(28)8-6-18)12-20-14-27(2,3)33-25(20)21/h4-9,11-13,16H,10,14-15H2,1-3H3,(H,30,31). The Labute approximate surface area is 191 Å². The first-order valence-corrected chi connectivity index (χ1v) is 10.9. The van der Waals surface area contributed by atoms with Crippen molar-refractivity contribution in [1.29, 1.82) is 0 Å². The SMILES string of the molecule is CC(Cc1ccc(OCc2cc(-c3ccc(F)cc3)cc3c2OC(C)(C)C3)c(F)c1)C(=O)O. The van der Waals surface area contributed by atoms with Crippen molar-refractivity contribution in [3.63, 3.8) is 0 Å². The Hall–Kier alpha value is -3.41. The fourth-order valence-corrected chi connectivity index (χ4v) is 4.09. The Balaban J connectivity index is 1.59. The Bertz CT molecular complexity index is 1190. The zero-order valence-corrected chi connectivity index (χ0v) is 18.8. The van der Waals surface area contributed by atoms with Crippen LogP contribution in [0.5, 0.6) is 11.5 Å². The first-order valence-electron chi connectivity index (χ1n) is 10.9. The second-order valence-corrected chi connectivity index (χ2v) is 9.17. The molecule has 0 spiro atoms. The molecular weight excluding hydrogens is 426 g/mol. The molecule has 3 aromatic rings. The molecule has 4 nitrogen and oxygen atoms in total. The minimum Gasteiger partial charge on any atom is -0.487 e. The number of hydrogen-bond donors (Lipinski definition) is 1.